The molecule has 0 fully saturated rings. The first-order valence-electron chi connectivity index (χ1n) is 20.8. The minimum Gasteiger partial charge on any atom is -0.383 e. The van der Waals surface area contributed by atoms with E-state index in [-0.39, 0.29) is 0 Å². The SMILES string of the molecule is NC(=N/C(=C\Cc1ccc(-c2cccc3c2sc2ccccc23)cc1)c1ccc(-c2c3ccccc3c(-c3ccccc3)c3ccc4ccccc4c23)cc1)c1ccccc1. The maximum Gasteiger partial charge on any atom is 0.131 e. The molecule has 10 aromatic carbocycles. The second-order valence-corrected chi connectivity index (χ2v) is 16.6. The Morgan fingerprint density at radius 3 is 1.82 bits per heavy atom. The van der Waals surface area contributed by atoms with Crippen LogP contribution in [0, 0.1) is 0 Å². The summed E-state index contributed by atoms with van der Waals surface area (Å²) in [6.45, 7) is 0. The van der Waals surface area contributed by atoms with Gasteiger partial charge in [0.1, 0.15) is 5.84 Å². The van der Waals surface area contributed by atoms with Gasteiger partial charge in [-0.3, -0.25) is 0 Å². The van der Waals surface area contributed by atoms with Crippen molar-refractivity contribution in [1.29, 1.82) is 0 Å². The molecule has 0 aliphatic carbocycles. The van der Waals surface area contributed by atoms with Crippen molar-refractivity contribution >= 4 is 75.4 Å². The number of aliphatic imine (C=N–C) groups is 1. The molecule has 0 radical (unpaired) electrons. The number of benzene rings is 10. The van der Waals surface area contributed by atoms with E-state index in [0.29, 0.717) is 12.3 Å². The van der Waals surface area contributed by atoms with E-state index in [1.807, 2.05) is 41.7 Å². The summed E-state index contributed by atoms with van der Waals surface area (Å²) in [5.41, 5.74) is 18.0. The van der Waals surface area contributed by atoms with Crippen LogP contribution in [0.4, 0.5) is 0 Å². The van der Waals surface area contributed by atoms with Crippen LogP contribution in [0.2, 0.25) is 0 Å². The quantitative estimate of drug-likeness (QED) is 0.0707. The predicted molar refractivity (Wildman–Crippen MR) is 263 cm³/mol. The van der Waals surface area contributed by atoms with Crippen LogP contribution in [0.25, 0.3) is 91.6 Å². The van der Waals surface area contributed by atoms with Crippen molar-refractivity contribution in [3.8, 4) is 33.4 Å². The summed E-state index contributed by atoms with van der Waals surface area (Å²) in [4.78, 5) is 5.10. The number of thiophene rings is 1. The zero-order chi connectivity index (χ0) is 40.7. The molecule has 0 saturated heterocycles. The second kappa shape index (κ2) is 15.5. The number of nitrogens with two attached hydrogens (primary N) is 1. The first-order valence-corrected chi connectivity index (χ1v) is 21.6. The van der Waals surface area contributed by atoms with Crippen molar-refractivity contribution in [2.75, 3.05) is 0 Å². The highest BCUT2D eigenvalue weighted by Gasteiger charge is 2.19. The molecule has 2 nitrogen and oxygen atoms in total. The van der Waals surface area contributed by atoms with Crippen molar-refractivity contribution in [2.24, 2.45) is 10.7 Å². The van der Waals surface area contributed by atoms with Gasteiger partial charge in [-0.25, -0.2) is 4.99 Å². The van der Waals surface area contributed by atoms with Crippen LogP contribution < -0.4 is 5.73 Å². The topological polar surface area (TPSA) is 38.4 Å². The third kappa shape index (κ3) is 6.66. The van der Waals surface area contributed by atoms with E-state index < -0.39 is 0 Å². The van der Waals surface area contributed by atoms with Crippen LogP contribution >= 0.6 is 11.3 Å². The van der Waals surface area contributed by atoms with Gasteiger partial charge in [0, 0.05) is 25.7 Å². The average Bonchev–Trinajstić information content (AvgIpc) is 3.72. The fourth-order valence-electron chi connectivity index (χ4n) is 9.01. The van der Waals surface area contributed by atoms with E-state index in [9.17, 15) is 0 Å². The van der Waals surface area contributed by atoms with Gasteiger partial charge in [0.2, 0.25) is 0 Å². The number of hydrogen-bond donors (Lipinski definition) is 1. The van der Waals surface area contributed by atoms with Crippen molar-refractivity contribution in [1.82, 2.24) is 0 Å². The number of amidine groups is 1. The molecule has 2 N–H and O–H groups in total. The minimum absolute atomic E-state index is 0.489. The molecule has 11 rings (SSSR count). The van der Waals surface area contributed by atoms with Crippen LogP contribution in [0.1, 0.15) is 16.7 Å². The lowest BCUT2D eigenvalue weighted by Crippen LogP contribution is -2.13. The summed E-state index contributed by atoms with van der Waals surface area (Å²) in [5, 5.41) is 10.1. The summed E-state index contributed by atoms with van der Waals surface area (Å²) in [7, 11) is 0. The Morgan fingerprint density at radius 2 is 1.05 bits per heavy atom. The standard InChI is InChI=1S/C58H40N2S/c59-58(44-17-5-2-6-18-44)60-52(37-28-38-26-29-40(30-27-38)46-23-13-24-50-47-20-11-12-25-53(47)61-57(46)50)41-31-33-43(34-32-41)55-49-22-10-9-21-48(49)54(42-15-3-1-4-16-42)51-36-35-39-14-7-8-19-45(39)56(51)55/h1-27,29-37H,28H2,(H2,59,60)/b52-37-. The largest absolute Gasteiger partial charge is 0.383 e. The third-order valence-corrected chi connectivity index (χ3v) is 13.2. The molecule has 0 aliphatic rings. The molecule has 0 spiro atoms. The number of rotatable bonds is 8. The molecule has 0 saturated carbocycles. The minimum atomic E-state index is 0.489. The highest BCUT2D eigenvalue weighted by atomic mass is 32.1. The Balaban J connectivity index is 1.00. The molecule has 1 heterocycles. The molecular formula is C58H40N2S. The molecule has 11 aromatic rings. The molecular weight excluding hydrogens is 757 g/mol. The Bertz CT molecular complexity index is 3470. The number of fused-ring (bicyclic) bond motifs is 7. The first kappa shape index (κ1) is 36.5. The molecule has 0 atom stereocenters. The van der Waals surface area contributed by atoms with E-state index in [2.05, 4.69) is 188 Å². The Hall–Kier alpha value is -7.59. The van der Waals surface area contributed by atoms with Gasteiger partial charge in [0.25, 0.3) is 0 Å². The van der Waals surface area contributed by atoms with Gasteiger partial charge >= 0.3 is 0 Å². The van der Waals surface area contributed by atoms with Crippen molar-refractivity contribution in [3.05, 3.63) is 235 Å². The van der Waals surface area contributed by atoms with Gasteiger partial charge in [-0.15, -0.1) is 11.3 Å². The zero-order valence-electron chi connectivity index (χ0n) is 33.4. The lowest BCUT2D eigenvalue weighted by molar-refractivity contribution is 1.26. The van der Waals surface area contributed by atoms with Crippen LogP contribution in [0.5, 0.6) is 0 Å². The Morgan fingerprint density at radius 1 is 0.443 bits per heavy atom. The van der Waals surface area contributed by atoms with Gasteiger partial charge in [0.15, 0.2) is 0 Å². The first-order chi connectivity index (χ1) is 30.2. The highest BCUT2D eigenvalue weighted by Crippen LogP contribution is 2.46. The van der Waals surface area contributed by atoms with Crippen molar-refractivity contribution in [2.45, 2.75) is 6.42 Å². The predicted octanol–water partition coefficient (Wildman–Crippen LogP) is 15.5. The normalized spacial score (nSPS) is 12.3. The zero-order valence-corrected chi connectivity index (χ0v) is 34.2. The van der Waals surface area contributed by atoms with Gasteiger partial charge in [0.05, 0.1) is 5.70 Å². The second-order valence-electron chi connectivity index (χ2n) is 15.6. The van der Waals surface area contributed by atoms with Crippen molar-refractivity contribution < 1.29 is 0 Å². The van der Waals surface area contributed by atoms with E-state index >= 15 is 0 Å². The molecule has 1 aromatic heterocycles. The van der Waals surface area contributed by atoms with Crippen LogP contribution in [0.3, 0.4) is 0 Å². The van der Waals surface area contributed by atoms with Gasteiger partial charge in [-0.05, 0) is 89.3 Å². The van der Waals surface area contributed by atoms with Gasteiger partial charge < -0.3 is 5.73 Å². The summed E-state index contributed by atoms with van der Waals surface area (Å²) in [6.07, 6.45) is 2.91. The Kier molecular flexibility index (Phi) is 9.30. The van der Waals surface area contributed by atoms with Crippen LogP contribution in [-0.2, 0) is 6.42 Å². The molecule has 0 amide bonds. The highest BCUT2D eigenvalue weighted by molar-refractivity contribution is 7.26. The lowest BCUT2D eigenvalue weighted by atomic mass is 9.84. The molecule has 288 valence electrons. The number of hydrogen-bond acceptors (Lipinski definition) is 2. The van der Waals surface area contributed by atoms with E-state index in [1.165, 1.54) is 85.9 Å². The fraction of sp³-hybridized carbons (Fsp3) is 0.0172. The maximum atomic E-state index is 6.73. The number of allylic oxidation sites excluding steroid dienone is 1. The molecule has 3 heteroatoms. The summed E-state index contributed by atoms with van der Waals surface area (Å²) in [5.74, 6) is 0.489. The summed E-state index contributed by atoms with van der Waals surface area (Å²) in [6, 6.07) is 76.2. The van der Waals surface area contributed by atoms with Crippen molar-refractivity contribution in [3.63, 3.8) is 0 Å². The molecule has 61 heavy (non-hydrogen) atoms. The summed E-state index contributed by atoms with van der Waals surface area (Å²) >= 11 is 1.87. The molecule has 0 unspecified atom stereocenters. The third-order valence-electron chi connectivity index (χ3n) is 12.0. The summed E-state index contributed by atoms with van der Waals surface area (Å²) < 4.78 is 2.65. The molecule has 0 aliphatic heterocycles. The lowest BCUT2D eigenvalue weighted by Gasteiger charge is -2.19. The van der Waals surface area contributed by atoms with E-state index in [0.717, 1.165) is 22.4 Å². The van der Waals surface area contributed by atoms with Gasteiger partial charge in [-0.2, -0.15) is 0 Å². The average molecular weight is 797 g/mol. The maximum absolute atomic E-state index is 6.73. The van der Waals surface area contributed by atoms with Crippen LogP contribution in [-0.4, -0.2) is 5.84 Å². The van der Waals surface area contributed by atoms with E-state index in [1.54, 1.807) is 0 Å². The van der Waals surface area contributed by atoms with Gasteiger partial charge in [-0.1, -0.05) is 212 Å². The fourth-order valence-corrected chi connectivity index (χ4v) is 10.3. The smallest absolute Gasteiger partial charge is 0.131 e. The number of nitrogens with zero attached hydrogens (tertiary/aromatic N) is 1. The molecule has 0 bridgehead atoms. The van der Waals surface area contributed by atoms with Crippen LogP contribution in [0.15, 0.2) is 223 Å². The monoisotopic (exact) mass is 796 g/mol. The van der Waals surface area contributed by atoms with E-state index in [4.69, 9.17) is 10.7 Å². The Labute approximate surface area is 359 Å².